The minimum atomic E-state index is -0.603. The van der Waals surface area contributed by atoms with Gasteiger partial charge in [0, 0.05) is 25.6 Å². The van der Waals surface area contributed by atoms with Crippen LogP contribution in [0.1, 0.15) is 12.2 Å². The third-order valence-electron chi connectivity index (χ3n) is 2.88. The number of guanidine groups is 1. The molecule has 0 aliphatic rings. The van der Waals surface area contributed by atoms with Gasteiger partial charge in [0.2, 0.25) is 0 Å². The van der Waals surface area contributed by atoms with Gasteiger partial charge in [-0.15, -0.1) is 11.3 Å². The Kier molecular flexibility index (Phi) is 6.58. The molecule has 0 aliphatic heterocycles. The van der Waals surface area contributed by atoms with E-state index in [0.29, 0.717) is 41.5 Å². The minimum Gasteiger partial charge on any atom is -0.458 e. The van der Waals surface area contributed by atoms with Crippen molar-refractivity contribution >= 4 is 28.5 Å². The molecule has 2 aromatic heterocycles. The van der Waals surface area contributed by atoms with Gasteiger partial charge in [-0.25, -0.2) is 9.78 Å². The molecule has 24 heavy (non-hydrogen) atoms. The number of methoxy groups -OCH3 is 1. The van der Waals surface area contributed by atoms with Crippen LogP contribution in [-0.2, 0) is 11.3 Å². The number of urea groups is 1. The van der Waals surface area contributed by atoms with E-state index in [4.69, 9.17) is 20.6 Å². The molecule has 0 saturated carbocycles. The lowest BCUT2D eigenvalue weighted by molar-refractivity contribution is 0.197. The Balaban J connectivity index is 1.91. The molecule has 0 fully saturated rings. The summed E-state index contributed by atoms with van der Waals surface area (Å²) in [6, 6.07) is 2.93. The number of amides is 2. The topological polar surface area (TPSA) is 141 Å². The zero-order chi connectivity index (χ0) is 17.4. The predicted octanol–water partition coefficient (Wildman–Crippen LogP) is 1.33. The molecule has 2 rings (SSSR count). The first kappa shape index (κ1) is 17.8. The van der Waals surface area contributed by atoms with Crippen molar-refractivity contribution in [3.05, 3.63) is 23.3 Å². The van der Waals surface area contributed by atoms with Gasteiger partial charge in [0.25, 0.3) is 0 Å². The Morgan fingerprint density at radius 3 is 3.04 bits per heavy atom. The van der Waals surface area contributed by atoms with E-state index in [1.165, 1.54) is 11.3 Å². The average Bonchev–Trinajstić information content (AvgIpc) is 3.18. The number of rotatable bonds is 8. The number of anilines is 1. The van der Waals surface area contributed by atoms with Crippen LogP contribution in [0, 0.1) is 0 Å². The summed E-state index contributed by atoms with van der Waals surface area (Å²) in [6.45, 7) is 1.45. The number of primary amides is 1. The summed E-state index contributed by atoms with van der Waals surface area (Å²) in [5.74, 6) is 1.49. The summed E-state index contributed by atoms with van der Waals surface area (Å²) in [5.41, 5.74) is 11.5. The van der Waals surface area contributed by atoms with Crippen LogP contribution in [0.2, 0.25) is 0 Å². The van der Waals surface area contributed by atoms with Crippen LogP contribution in [0.5, 0.6) is 0 Å². The van der Waals surface area contributed by atoms with Crippen LogP contribution in [0.4, 0.5) is 9.93 Å². The number of carbonyl (C=O) groups is 1. The molecule has 2 aromatic rings. The summed E-state index contributed by atoms with van der Waals surface area (Å²) in [6.07, 6.45) is 0.802. The Labute approximate surface area is 143 Å². The number of aromatic nitrogens is 1. The molecule has 10 heteroatoms. The quantitative estimate of drug-likeness (QED) is 0.321. The number of ether oxygens (including phenoxy) is 1. The van der Waals surface area contributed by atoms with Crippen molar-refractivity contribution in [2.24, 2.45) is 16.5 Å². The van der Waals surface area contributed by atoms with Gasteiger partial charge in [-0.3, -0.25) is 4.99 Å². The van der Waals surface area contributed by atoms with Gasteiger partial charge < -0.3 is 31.3 Å². The number of hydrogen-bond acceptors (Lipinski definition) is 6. The lowest BCUT2D eigenvalue weighted by atomic mass is 10.3. The molecule has 0 unspecified atom stereocenters. The average molecular weight is 352 g/mol. The Hall–Kier alpha value is -2.59. The highest BCUT2D eigenvalue weighted by Crippen LogP contribution is 2.26. The first-order valence-corrected chi connectivity index (χ1v) is 8.10. The molecule has 0 aromatic carbocycles. The standard InChI is InChI=1S/C14H20N6O3S/c1-22-6-2-5-17-12(15)20-14-19-10(8-24-14)11-4-3-9(23-11)7-18-13(16)21/h3-4,8H,2,5-7H2,1H3,(H3,16,18,21)(H3,15,17,19,20). The third kappa shape index (κ3) is 5.56. The van der Waals surface area contributed by atoms with Crippen LogP contribution in [0.25, 0.3) is 11.5 Å². The summed E-state index contributed by atoms with van der Waals surface area (Å²) in [4.78, 5) is 19.3. The van der Waals surface area contributed by atoms with Gasteiger partial charge in [-0.05, 0) is 18.6 Å². The summed E-state index contributed by atoms with van der Waals surface area (Å²) < 4.78 is 10.5. The number of carbonyl (C=O) groups excluding carboxylic acids is 1. The zero-order valence-electron chi connectivity index (χ0n) is 13.2. The highest BCUT2D eigenvalue weighted by Gasteiger charge is 2.10. The monoisotopic (exact) mass is 352 g/mol. The van der Waals surface area contributed by atoms with Crippen molar-refractivity contribution in [2.75, 3.05) is 25.6 Å². The van der Waals surface area contributed by atoms with Crippen LogP contribution < -0.4 is 22.1 Å². The van der Waals surface area contributed by atoms with Crippen LogP contribution in [0.3, 0.4) is 0 Å². The Morgan fingerprint density at radius 2 is 2.29 bits per heavy atom. The van der Waals surface area contributed by atoms with Crippen LogP contribution in [-0.4, -0.2) is 37.2 Å². The Morgan fingerprint density at radius 1 is 1.46 bits per heavy atom. The first-order valence-electron chi connectivity index (χ1n) is 7.22. The van der Waals surface area contributed by atoms with Crippen LogP contribution >= 0.6 is 11.3 Å². The van der Waals surface area contributed by atoms with Gasteiger partial charge in [0.1, 0.15) is 11.5 Å². The molecular weight excluding hydrogens is 332 g/mol. The van der Waals surface area contributed by atoms with Crippen molar-refractivity contribution < 1.29 is 13.9 Å². The van der Waals surface area contributed by atoms with E-state index in [0.717, 1.165) is 6.42 Å². The fraction of sp³-hybridized carbons (Fsp3) is 0.357. The van der Waals surface area contributed by atoms with Gasteiger partial charge in [0.05, 0.1) is 6.54 Å². The summed E-state index contributed by atoms with van der Waals surface area (Å²) in [5, 5.41) is 7.85. The van der Waals surface area contributed by atoms with Crippen molar-refractivity contribution in [3.63, 3.8) is 0 Å². The number of nitrogens with one attached hydrogen (secondary N) is 2. The first-order chi connectivity index (χ1) is 11.6. The maximum absolute atomic E-state index is 10.7. The molecule has 0 spiro atoms. The van der Waals surface area contributed by atoms with Crippen molar-refractivity contribution in [2.45, 2.75) is 13.0 Å². The van der Waals surface area contributed by atoms with Crippen molar-refractivity contribution in [1.82, 2.24) is 10.3 Å². The smallest absolute Gasteiger partial charge is 0.312 e. The lowest BCUT2D eigenvalue weighted by Gasteiger charge is -2.01. The number of nitrogens with two attached hydrogens (primary N) is 2. The molecule has 6 N–H and O–H groups in total. The number of hydrogen-bond donors (Lipinski definition) is 4. The molecule has 9 nitrogen and oxygen atoms in total. The summed E-state index contributed by atoms with van der Waals surface area (Å²) in [7, 11) is 1.65. The molecular formula is C14H20N6O3S. The molecule has 0 bridgehead atoms. The van der Waals surface area contributed by atoms with E-state index < -0.39 is 6.03 Å². The number of thiazole rings is 1. The molecule has 130 valence electrons. The minimum absolute atomic E-state index is 0.228. The van der Waals surface area contributed by atoms with E-state index in [-0.39, 0.29) is 6.54 Å². The van der Waals surface area contributed by atoms with E-state index in [9.17, 15) is 4.79 Å². The van der Waals surface area contributed by atoms with Gasteiger partial charge in [-0.2, -0.15) is 0 Å². The molecule has 0 saturated heterocycles. The van der Waals surface area contributed by atoms with E-state index in [1.54, 1.807) is 19.2 Å². The second-order valence-corrected chi connectivity index (χ2v) is 5.62. The second-order valence-electron chi connectivity index (χ2n) is 4.76. The van der Waals surface area contributed by atoms with Gasteiger partial charge >= 0.3 is 6.03 Å². The van der Waals surface area contributed by atoms with Crippen molar-refractivity contribution in [3.8, 4) is 11.5 Å². The molecule has 0 atom stereocenters. The summed E-state index contributed by atoms with van der Waals surface area (Å²) >= 11 is 1.39. The number of nitrogens with zero attached hydrogens (tertiary/aromatic N) is 2. The van der Waals surface area contributed by atoms with Gasteiger partial charge in [0.15, 0.2) is 16.9 Å². The fourth-order valence-corrected chi connectivity index (χ4v) is 2.49. The zero-order valence-corrected chi connectivity index (χ0v) is 14.1. The highest BCUT2D eigenvalue weighted by atomic mass is 32.1. The maximum Gasteiger partial charge on any atom is 0.312 e. The second kappa shape index (κ2) is 8.89. The largest absolute Gasteiger partial charge is 0.458 e. The van der Waals surface area contributed by atoms with E-state index in [2.05, 4.69) is 20.6 Å². The van der Waals surface area contributed by atoms with Gasteiger partial charge in [-0.1, -0.05) is 0 Å². The molecule has 2 amide bonds. The lowest BCUT2D eigenvalue weighted by Crippen LogP contribution is -2.28. The fourth-order valence-electron chi connectivity index (χ4n) is 1.79. The third-order valence-corrected chi connectivity index (χ3v) is 3.64. The maximum atomic E-state index is 10.7. The van der Waals surface area contributed by atoms with Crippen molar-refractivity contribution in [1.29, 1.82) is 0 Å². The Bertz CT molecular complexity index is 696. The number of aliphatic imine (C=N–C) groups is 1. The predicted molar refractivity (Wildman–Crippen MR) is 92.8 cm³/mol. The number of furan rings is 1. The molecule has 0 radical (unpaired) electrons. The normalized spacial score (nSPS) is 11.5. The van der Waals surface area contributed by atoms with E-state index in [1.807, 2.05) is 5.38 Å². The molecule has 2 heterocycles. The highest BCUT2D eigenvalue weighted by molar-refractivity contribution is 7.14. The molecule has 0 aliphatic carbocycles. The van der Waals surface area contributed by atoms with Crippen LogP contribution in [0.15, 0.2) is 26.9 Å². The SMILES string of the molecule is COCCCN=C(N)Nc1nc(-c2ccc(CNC(N)=O)o2)cs1. The van der Waals surface area contributed by atoms with E-state index >= 15 is 0 Å².